The zero-order valence-electron chi connectivity index (χ0n) is 13.5. The first-order valence-electron chi connectivity index (χ1n) is 8.58. The van der Waals surface area contributed by atoms with E-state index >= 15 is 0 Å². The summed E-state index contributed by atoms with van der Waals surface area (Å²) in [5.41, 5.74) is 1.24. The predicted octanol–water partition coefficient (Wildman–Crippen LogP) is 2.42. The maximum Gasteiger partial charge on any atom is 0.114 e. The number of aliphatic hydroxyl groups is 1. The molecule has 2 aliphatic heterocycles. The van der Waals surface area contributed by atoms with Crippen LogP contribution in [0.5, 0.6) is 0 Å². The van der Waals surface area contributed by atoms with Gasteiger partial charge in [-0.2, -0.15) is 0 Å². The van der Waals surface area contributed by atoms with Crippen molar-refractivity contribution in [3.8, 4) is 0 Å². The second kappa shape index (κ2) is 6.49. The summed E-state index contributed by atoms with van der Waals surface area (Å²) in [5.74, 6) is 2.12. The minimum atomic E-state index is 0.237. The number of piperidine rings is 1. The van der Waals surface area contributed by atoms with Crippen LogP contribution in [0.15, 0.2) is 6.20 Å². The molecule has 0 bridgehead atoms. The van der Waals surface area contributed by atoms with E-state index in [1.165, 1.54) is 38.0 Å². The van der Waals surface area contributed by atoms with Crippen LogP contribution in [-0.4, -0.2) is 45.3 Å². The van der Waals surface area contributed by atoms with Crippen LogP contribution in [0, 0.1) is 5.92 Å². The molecule has 0 amide bonds. The molecular formula is C17H29N3O. The molecule has 1 aromatic heterocycles. The first-order valence-corrected chi connectivity index (χ1v) is 8.58. The van der Waals surface area contributed by atoms with E-state index in [0.717, 1.165) is 31.1 Å². The lowest BCUT2D eigenvalue weighted by Crippen LogP contribution is -2.40. The van der Waals surface area contributed by atoms with E-state index < -0.39 is 0 Å². The Balaban J connectivity index is 1.67. The second-order valence-corrected chi connectivity index (χ2v) is 7.11. The number of rotatable bonds is 4. The fraction of sp³-hybridized carbons (Fsp3) is 0.824. The van der Waals surface area contributed by atoms with Crippen LogP contribution in [0.3, 0.4) is 0 Å². The van der Waals surface area contributed by atoms with Gasteiger partial charge < -0.3 is 14.6 Å². The zero-order valence-corrected chi connectivity index (χ0v) is 13.5. The third-order valence-corrected chi connectivity index (χ3v) is 5.17. The molecule has 2 unspecified atom stereocenters. The van der Waals surface area contributed by atoms with Crippen LogP contribution in [0.1, 0.15) is 57.0 Å². The van der Waals surface area contributed by atoms with Gasteiger partial charge in [0, 0.05) is 31.2 Å². The Morgan fingerprint density at radius 2 is 2.10 bits per heavy atom. The summed E-state index contributed by atoms with van der Waals surface area (Å²) in [6.45, 7) is 8.36. The van der Waals surface area contributed by atoms with Crippen molar-refractivity contribution in [2.24, 2.45) is 5.92 Å². The standard InChI is InChI=1S/C17H29N3O/c1-13(2)19-7-3-5-14(10-19)9-16-11-20-8-4-6-15(12-21)17(20)18-16/h11,13-15,21H,3-10,12H2,1-2H3. The molecule has 0 saturated carbocycles. The normalized spacial score (nSPS) is 27.0. The molecule has 21 heavy (non-hydrogen) atoms. The third kappa shape index (κ3) is 3.32. The molecule has 1 saturated heterocycles. The topological polar surface area (TPSA) is 41.3 Å². The average Bonchev–Trinajstić information content (AvgIpc) is 2.89. The Morgan fingerprint density at radius 1 is 1.29 bits per heavy atom. The molecule has 1 N–H and O–H groups in total. The van der Waals surface area contributed by atoms with Crippen LogP contribution < -0.4 is 0 Å². The molecule has 0 spiro atoms. The highest BCUT2D eigenvalue weighted by atomic mass is 16.3. The Kier molecular flexibility index (Phi) is 4.65. The number of aryl methyl sites for hydroxylation is 1. The van der Waals surface area contributed by atoms with Crippen LogP contribution in [0.4, 0.5) is 0 Å². The first-order chi connectivity index (χ1) is 10.2. The van der Waals surface area contributed by atoms with Crippen molar-refractivity contribution in [2.45, 2.75) is 64.5 Å². The van der Waals surface area contributed by atoms with Gasteiger partial charge in [-0.3, -0.25) is 0 Å². The molecule has 0 radical (unpaired) electrons. The van der Waals surface area contributed by atoms with Gasteiger partial charge in [0.25, 0.3) is 0 Å². The average molecular weight is 291 g/mol. The molecule has 4 nitrogen and oxygen atoms in total. The van der Waals surface area contributed by atoms with Gasteiger partial charge in [0.15, 0.2) is 0 Å². The second-order valence-electron chi connectivity index (χ2n) is 7.11. The molecular weight excluding hydrogens is 262 g/mol. The van der Waals surface area contributed by atoms with Crippen molar-refractivity contribution in [3.05, 3.63) is 17.7 Å². The molecule has 0 aromatic carbocycles. The van der Waals surface area contributed by atoms with Crippen LogP contribution in [-0.2, 0) is 13.0 Å². The summed E-state index contributed by atoms with van der Waals surface area (Å²) in [4.78, 5) is 7.45. The number of aliphatic hydroxyl groups excluding tert-OH is 1. The SMILES string of the molecule is CC(C)N1CCCC(Cc2cn3c(n2)C(CO)CCC3)C1. The molecule has 118 valence electrons. The molecule has 4 heteroatoms. The van der Waals surface area contributed by atoms with Crippen LogP contribution in [0.25, 0.3) is 0 Å². The van der Waals surface area contributed by atoms with Gasteiger partial charge in [-0.1, -0.05) is 0 Å². The minimum absolute atomic E-state index is 0.237. The molecule has 3 heterocycles. The summed E-state index contributed by atoms with van der Waals surface area (Å²) < 4.78 is 2.28. The van der Waals surface area contributed by atoms with Gasteiger partial charge in [-0.05, 0) is 58.4 Å². The largest absolute Gasteiger partial charge is 0.396 e. The van der Waals surface area contributed by atoms with Gasteiger partial charge in [-0.25, -0.2) is 4.98 Å². The Morgan fingerprint density at radius 3 is 2.86 bits per heavy atom. The van der Waals surface area contributed by atoms with Crippen molar-refractivity contribution >= 4 is 0 Å². The Labute approximate surface area is 128 Å². The molecule has 0 aliphatic carbocycles. The monoisotopic (exact) mass is 291 g/mol. The fourth-order valence-electron chi connectivity index (χ4n) is 3.93. The van der Waals surface area contributed by atoms with Crippen LogP contribution >= 0.6 is 0 Å². The van der Waals surface area contributed by atoms with Crippen molar-refractivity contribution in [2.75, 3.05) is 19.7 Å². The van der Waals surface area contributed by atoms with Crippen molar-refractivity contribution in [1.29, 1.82) is 0 Å². The molecule has 1 aromatic rings. The Bertz CT molecular complexity index is 469. The first kappa shape index (κ1) is 15.0. The lowest BCUT2D eigenvalue weighted by atomic mass is 9.93. The highest BCUT2D eigenvalue weighted by molar-refractivity contribution is 5.11. The summed E-state index contributed by atoms with van der Waals surface area (Å²) in [5, 5.41) is 9.50. The van der Waals surface area contributed by atoms with Gasteiger partial charge in [-0.15, -0.1) is 0 Å². The molecule has 1 fully saturated rings. The van der Waals surface area contributed by atoms with E-state index in [1.807, 2.05) is 0 Å². The minimum Gasteiger partial charge on any atom is -0.396 e. The van der Waals surface area contributed by atoms with Gasteiger partial charge in [0.1, 0.15) is 5.82 Å². The Hall–Kier alpha value is -0.870. The molecule has 2 atom stereocenters. The van der Waals surface area contributed by atoms with E-state index in [-0.39, 0.29) is 12.5 Å². The lowest BCUT2D eigenvalue weighted by molar-refractivity contribution is 0.139. The highest BCUT2D eigenvalue weighted by Gasteiger charge is 2.25. The quantitative estimate of drug-likeness (QED) is 0.926. The summed E-state index contributed by atoms with van der Waals surface area (Å²) in [7, 11) is 0. The number of imidazole rings is 1. The van der Waals surface area contributed by atoms with E-state index in [9.17, 15) is 5.11 Å². The summed E-state index contributed by atoms with van der Waals surface area (Å²) >= 11 is 0. The van der Waals surface area contributed by atoms with Gasteiger partial charge >= 0.3 is 0 Å². The smallest absolute Gasteiger partial charge is 0.114 e. The third-order valence-electron chi connectivity index (χ3n) is 5.17. The number of fused-ring (bicyclic) bond motifs is 1. The van der Waals surface area contributed by atoms with Gasteiger partial charge in [0.2, 0.25) is 0 Å². The zero-order chi connectivity index (χ0) is 14.8. The van der Waals surface area contributed by atoms with Crippen molar-refractivity contribution in [3.63, 3.8) is 0 Å². The molecule has 3 rings (SSSR count). The van der Waals surface area contributed by atoms with Crippen molar-refractivity contribution < 1.29 is 5.11 Å². The highest BCUT2D eigenvalue weighted by Crippen LogP contribution is 2.28. The van der Waals surface area contributed by atoms with E-state index in [0.29, 0.717) is 6.04 Å². The maximum atomic E-state index is 9.50. The van der Waals surface area contributed by atoms with E-state index in [4.69, 9.17) is 4.98 Å². The summed E-state index contributed by atoms with van der Waals surface area (Å²) in [6.07, 6.45) is 8.23. The number of aromatic nitrogens is 2. The number of nitrogens with zero attached hydrogens (tertiary/aromatic N) is 3. The van der Waals surface area contributed by atoms with E-state index in [2.05, 4.69) is 29.5 Å². The number of hydrogen-bond donors (Lipinski definition) is 1. The number of hydrogen-bond acceptors (Lipinski definition) is 3. The predicted molar refractivity (Wildman–Crippen MR) is 84.4 cm³/mol. The fourth-order valence-corrected chi connectivity index (χ4v) is 3.93. The van der Waals surface area contributed by atoms with Crippen LogP contribution in [0.2, 0.25) is 0 Å². The van der Waals surface area contributed by atoms with E-state index in [1.54, 1.807) is 0 Å². The maximum absolute atomic E-state index is 9.50. The lowest BCUT2D eigenvalue weighted by Gasteiger charge is -2.35. The summed E-state index contributed by atoms with van der Waals surface area (Å²) in [6, 6.07) is 0.654. The van der Waals surface area contributed by atoms with Gasteiger partial charge in [0.05, 0.1) is 12.3 Å². The number of likely N-dealkylation sites (tertiary alicyclic amines) is 1. The van der Waals surface area contributed by atoms with Crippen molar-refractivity contribution in [1.82, 2.24) is 14.5 Å². The molecule has 2 aliphatic rings.